The van der Waals surface area contributed by atoms with Crippen molar-refractivity contribution in [2.75, 3.05) is 6.44 Å². The van der Waals surface area contributed by atoms with Gasteiger partial charge in [-0.1, -0.05) is 103 Å². The van der Waals surface area contributed by atoms with E-state index < -0.39 is 11.2 Å². The van der Waals surface area contributed by atoms with Crippen molar-refractivity contribution in [2.45, 2.75) is 38.9 Å². The maximum Gasteiger partial charge on any atom is 0.297 e. The first-order chi connectivity index (χ1) is 22.1. The van der Waals surface area contributed by atoms with Crippen molar-refractivity contribution >= 4 is 50.7 Å². The molecule has 0 aliphatic rings. The van der Waals surface area contributed by atoms with E-state index >= 15 is 0 Å². The first-order valence-electron chi connectivity index (χ1n) is 15.5. The minimum atomic E-state index is -0.995. The second kappa shape index (κ2) is 13.0. The molecule has 3 N–H and O–H groups in total. The lowest BCUT2D eigenvalue weighted by Crippen LogP contribution is -2.48. The number of aliphatic hydroxyl groups is 1. The van der Waals surface area contributed by atoms with E-state index in [1.807, 2.05) is 67.6 Å². The van der Waals surface area contributed by atoms with Crippen molar-refractivity contribution in [3.05, 3.63) is 132 Å². The zero-order chi connectivity index (χ0) is 32.3. The van der Waals surface area contributed by atoms with E-state index in [0.717, 1.165) is 33.4 Å². The molecule has 230 valence electrons. The summed E-state index contributed by atoms with van der Waals surface area (Å²) >= 11 is 1.82. The number of benzene rings is 5. The summed E-state index contributed by atoms with van der Waals surface area (Å²) in [5, 5.41) is 13.0. The predicted octanol–water partition coefficient (Wildman–Crippen LogP) is 8.42. The summed E-state index contributed by atoms with van der Waals surface area (Å²) in [6.45, 7) is 7.24. The Hall–Kier alpha value is -4.56. The van der Waals surface area contributed by atoms with E-state index in [0.29, 0.717) is 25.6 Å². The number of aliphatic imine (C=N–C) groups is 2. The molecule has 0 saturated carbocycles. The molecule has 5 nitrogen and oxygen atoms in total. The van der Waals surface area contributed by atoms with Crippen LogP contribution in [-0.4, -0.2) is 41.9 Å². The van der Waals surface area contributed by atoms with Crippen LogP contribution in [0.25, 0.3) is 42.4 Å². The molecule has 46 heavy (non-hydrogen) atoms. The van der Waals surface area contributed by atoms with Gasteiger partial charge in [-0.2, -0.15) is 0 Å². The lowest BCUT2D eigenvalue weighted by atomic mass is 9.86. The first kappa shape index (κ1) is 31.4. The van der Waals surface area contributed by atoms with Gasteiger partial charge in [0.15, 0.2) is 5.84 Å². The Morgan fingerprint density at radius 1 is 0.696 bits per heavy atom. The Morgan fingerprint density at radius 3 is 1.96 bits per heavy atom. The van der Waals surface area contributed by atoms with Crippen LogP contribution in [0.5, 0.6) is 0 Å². The summed E-state index contributed by atoms with van der Waals surface area (Å²) in [7, 11) is 0.330. The van der Waals surface area contributed by atoms with Gasteiger partial charge in [-0.05, 0) is 68.1 Å². The van der Waals surface area contributed by atoms with Crippen LogP contribution >= 0.6 is 11.3 Å². The number of rotatable bonds is 9. The zero-order valence-electron chi connectivity index (χ0n) is 26.7. The lowest BCUT2D eigenvalue weighted by molar-refractivity contribution is -0.0902. The third-order valence-electron chi connectivity index (χ3n) is 8.66. The van der Waals surface area contributed by atoms with Crippen LogP contribution in [0.1, 0.15) is 38.8 Å². The van der Waals surface area contributed by atoms with Gasteiger partial charge in [-0.15, -0.1) is 11.3 Å². The smallest absolute Gasteiger partial charge is 0.297 e. The Bertz CT molecular complexity index is 2020. The Kier molecular flexibility index (Phi) is 8.92. The fraction of sp³-hybridized carbons (Fsp3) is 0.179. The first-order valence-corrected chi connectivity index (χ1v) is 16.3. The standard InChI is InChI=1S/C39H38BN3O2S/c1-38(2,44)39(3,4)45-40-25-42-37(30-20-16-27(17-21-30)26-10-6-5-7-11-26)43-36(41)29-18-14-28(15-19-29)31-22-23-35-33(24-31)32-12-8-9-13-34(32)46-35/h5-24,40,44H,25H2,1-4H3,(H2,41,42,43). The highest BCUT2D eigenvalue weighted by Gasteiger charge is 2.35. The van der Waals surface area contributed by atoms with E-state index in [1.165, 1.54) is 20.2 Å². The number of nitrogens with two attached hydrogens (primary N) is 1. The maximum atomic E-state index is 10.5. The quantitative estimate of drug-likeness (QED) is 0.0735. The van der Waals surface area contributed by atoms with E-state index in [4.69, 9.17) is 20.4 Å². The number of amidine groups is 2. The lowest BCUT2D eigenvalue weighted by Gasteiger charge is -2.37. The summed E-state index contributed by atoms with van der Waals surface area (Å²) < 4.78 is 8.60. The molecule has 1 aromatic heterocycles. The molecule has 6 aromatic rings. The van der Waals surface area contributed by atoms with Crippen molar-refractivity contribution < 1.29 is 9.76 Å². The molecule has 0 aliphatic heterocycles. The number of fused-ring (bicyclic) bond motifs is 3. The van der Waals surface area contributed by atoms with Crippen molar-refractivity contribution in [2.24, 2.45) is 15.7 Å². The molecule has 0 unspecified atom stereocenters. The summed E-state index contributed by atoms with van der Waals surface area (Å²) in [5.74, 6) is 0.912. The molecular formula is C39H38BN3O2S. The van der Waals surface area contributed by atoms with Crippen LogP contribution in [0, 0.1) is 0 Å². The predicted molar refractivity (Wildman–Crippen MR) is 197 cm³/mol. The van der Waals surface area contributed by atoms with Gasteiger partial charge in [0.1, 0.15) is 5.84 Å². The second-order valence-electron chi connectivity index (χ2n) is 12.5. The van der Waals surface area contributed by atoms with Crippen molar-refractivity contribution in [3.63, 3.8) is 0 Å². The normalized spacial score (nSPS) is 13.0. The van der Waals surface area contributed by atoms with Crippen molar-refractivity contribution in [1.29, 1.82) is 0 Å². The Labute approximate surface area is 275 Å². The Morgan fingerprint density at radius 2 is 1.26 bits per heavy atom. The van der Waals surface area contributed by atoms with Gasteiger partial charge in [0.2, 0.25) is 0 Å². The van der Waals surface area contributed by atoms with Gasteiger partial charge in [-0.3, -0.25) is 4.99 Å². The van der Waals surface area contributed by atoms with Crippen molar-refractivity contribution in [3.8, 4) is 22.3 Å². The van der Waals surface area contributed by atoms with Crippen LogP contribution in [-0.2, 0) is 4.65 Å². The molecule has 0 radical (unpaired) electrons. The number of hydrogen-bond donors (Lipinski definition) is 2. The van der Waals surface area contributed by atoms with Crippen LogP contribution in [0.2, 0.25) is 0 Å². The number of hydrogen-bond acceptors (Lipinski definition) is 4. The fourth-order valence-electron chi connectivity index (χ4n) is 5.18. The third kappa shape index (κ3) is 6.82. The van der Waals surface area contributed by atoms with Gasteiger partial charge >= 0.3 is 0 Å². The monoisotopic (exact) mass is 623 g/mol. The topological polar surface area (TPSA) is 80.2 Å². The van der Waals surface area contributed by atoms with E-state index in [2.05, 4.69) is 78.9 Å². The molecule has 0 amide bonds. The summed E-state index contributed by atoms with van der Waals surface area (Å²) in [4.78, 5) is 9.62. The minimum Gasteiger partial charge on any atom is -0.430 e. The maximum absolute atomic E-state index is 10.5. The molecule has 0 saturated heterocycles. The fourth-order valence-corrected chi connectivity index (χ4v) is 6.27. The molecule has 7 heteroatoms. The molecule has 5 aromatic carbocycles. The minimum absolute atomic E-state index is 0.330. The second-order valence-corrected chi connectivity index (χ2v) is 13.5. The van der Waals surface area contributed by atoms with Crippen LogP contribution < -0.4 is 5.73 Å². The molecule has 6 rings (SSSR count). The van der Waals surface area contributed by atoms with Crippen molar-refractivity contribution in [1.82, 2.24) is 0 Å². The molecule has 1 heterocycles. The number of nitrogens with zero attached hydrogens (tertiary/aromatic N) is 2. The molecule has 0 fully saturated rings. The summed E-state index contributed by atoms with van der Waals surface area (Å²) in [5.41, 5.74) is 11.1. The van der Waals surface area contributed by atoms with Crippen LogP contribution in [0.4, 0.5) is 0 Å². The van der Waals surface area contributed by atoms with E-state index in [9.17, 15) is 5.11 Å². The molecule has 0 aliphatic carbocycles. The van der Waals surface area contributed by atoms with Gasteiger partial charge < -0.3 is 15.5 Å². The average molecular weight is 624 g/mol. The van der Waals surface area contributed by atoms with E-state index in [1.54, 1.807) is 13.8 Å². The highest BCUT2D eigenvalue weighted by molar-refractivity contribution is 7.25. The van der Waals surface area contributed by atoms with Crippen LogP contribution in [0.15, 0.2) is 131 Å². The van der Waals surface area contributed by atoms with Gasteiger partial charge in [0.05, 0.1) is 11.2 Å². The average Bonchev–Trinajstić information content (AvgIpc) is 3.44. The highest BCUT2D eigenvalue weighted by Crippen LogP contribution is 2.36. The largest absolute Gasteiger partial charge is 0.430 e. The van der Waals surface area contributed by atoms with Crippen LogP contribution in [0.3, 0.4) is 0 Å². The highest BCUT2D eigenvalue weighted by atomic mass is 32.1. The third-order valence-corrected chi connectivity index (χ3v) is 9.81. The zero-order valence-corrected chi connectivity index (χ0v) is 27.5. The summed E-state index contributed by atoms with van der Waals surface area (Å²) in [6.07, 6.45) is 0.366. The van der Waals surface area contributed by atoms with Gasteiger partial charge in [-0.25, -0.2) is 4.99 Å². The van der Waals surface area contributed by atoms with Gasteiger partial charge in [0.25, 0.3) is 7.48 Å². The molecule has 0 spiro atoms. The SMILES string of the molecule is CC(C)(O)C(C)(C)OBC/N=C(\N=C(/N)c1ccc(-c2ccc3sc4ccccc4c3c2)cc1)c1ccc(-c2ccccc2)cc1. The van der Waals surface area contributed by atoms with E-state index in [-0.39, 0.29) is 0 Å². The Balaban J connectivity index is 1.26. The van der Waals surface area contributed by atoms with Gasteiger partial charge in [0, 0.05) is 37.7 Å². The molecule has 0 atom stereocenters. The molecular weight excluding hydrogens is 585 g/mol. The molecule has 0 bridgehead atoms. The summed E-state index contributed by atoms with van der Waals surface area (Å²) in [6, 6.07) is 41.8. The number of thiophene rings is 1.